The molecule has 47 heavy (non-hydrogen) atoms. The van der Waals surface area contributed by atoms with Gasteiger partial charge in [-0.1, -0.05) is 55.4 Å². The normalized spacial score (nSPS) is 27.5. The van der Waals surface area contributed by atoms with Crippen molar-refractivity contribution in [1.82, 2.24) is 29.5 Å². The van der Waals surface area contributed by atoms with Crippen molar-refractivity contribution in [3.05, 3.63) is 0 Å². The number of carbonyl (C=O) groups excluding carboxylic acids is 5. The molecule has 4 aliphatic rings. The predicted molar refractivity (Wildman–Crippen MR) is 176 cm³/mol. The minimum absolute atomic E-state index is 0.0564. The Hall–Kier alpha value is -2.78. The van der Waals surface area contributed by atoms with Crippen LogP contribution in [0.3, 0.4) is 0 Å². The average molecular weight is 682 g/mol. The molecule has 0 bridgehead atoms. The summed E-state index contributed by atoms with van der Waals surface area (Å²) < 4.78 is 29.2. The monoisotopic (exact) mass is 681 g/mol. The van der Waals surface area contributed by atoms with Crippen molar-refractivity contribution in [1.29, 1.82) is 0 Å². The lowest BCUT2D eigenvalue weighted by atomic mass is 9.85. The van der Waals surface area contributed by atoms with Gasteiger partial charge in [-0.3, -0.25) is 19.2 Å². The minimum atomic E-state index is -3.69. The number of hydrogen-bond donors (Lipinski definition) is 4. The highest BCUT2D eigenvalue weighted by atomic mass is 32.2. The molecule has 2 heterocycles. The summed E-state index contributed by atoms with van der Waals surface area (Å²) in [6, 6.07) is -4.34. The second-order valence-corrected chi connectivity index (χ2v) is 18.7. The fourth-order valence-electron chi connectivity index (χ4n) is 7.22. The van der Waals surface area contributed by atoms with Crippen molar-refractivity contribution in [2.24, 2.45) is 39.7 Å². The third-order valence-corrected chi connectivity index (χ3v) is 12.8. The smallest absolute Gasteiger partial charge is 0.315 e. The first-order valence-electron chi connectivity index (χ1n) is 16.7. The number of nitrogens with zero attached hydrogens (tertiary/aromatic N) is 3. The van der Waals surface area contributed by atoms with Crippen LogP contribution in [0.2, 0.25) is 0 Å². The van der Waals surface area contributed by atoms with Gasteiger partial charge in [-0.15, -0.1) is 0 Å². The summed E-state index contributed by atoms with van der Waals surface area (Å²) in [4.78, 5) is 67.5. The topological polar surface area (TPSA) is 191 Å². The van der Waals surface area contributed by atoms with E-state index in [2.05, 4.69) is 16.0 Å². The Morgan fingerprint density at radius 3 is 1.98 bits per heavy atom. The number of primary amides is 1. The maximum atomic E-state index is 14.3. The Bertz CT molecular complexity index is 1400. The van der Waals surface area contributed by atoms with Crippen molar-refractivity contribution in [2.75, 3.05) is 26.2 Å². The number of carbonyl (C=O) groups is 5. The van der Waals surface area contributed by atoms with Gasteiger partial charge < -0.3 is 26.6 Å². The molecule has 0 aromatic heterocycles. The molecule has 0 spiro atoms. The van der Waals surface area contributed by atoms with E-state index in [1.165, 1.54) is 13.5 Å². The first kappa shape index (κ1) is 37.0. The van der Waals surface area contributed by atoms with Gasteiger partial charge in [0.1, 0.15) is 18.1 Å². The van der Waals surface area contributed by atoms with Gasteiger partial charge in [-0.25, -0.2) is 4.79 Å². The zero-order valence-corrected chi connectivity index (χ0v) is 30.4. The van der Waals surface area contributed by atoms with E-state index in [0.29, 0.717) is 32.5 Å². The zero-order chi connectivity index (χ0) is 35.6. The van der Waals surface area contributed by atoms with E-state index in [9.17, 15) is 32.4 Å². The van der Waals surface area contributed by atoms with E-state index in [1.807, 2.05) is 69.2 Å². The predicted octanol–water partition coefficient (Wildman–Crippen LogP) is 0.818. The Morgan fingerprint density at radius 2 is 1.51 bits per heavy atom. The molecule has 6 atom stereocenters. The molecule has 2 saturated heterocycles. The molecule has 266 valence electrons. The van der Waals surface area contributed by atoms with Gasteiger partial charge in [0, 0.05) is 38.3 Å². The molecule has 5 amide bonds. The molecular formula is C32H55N7O7S. The second-order valence-electron chi connectivity index (χ2n) is 16.8. The van der Waals surface area contributed by atoms with Gasteiger partial charge >= 0.3 is 6.03 Å². The van der Waals surface area contributed by atoms with Crippen LogP contribution >= 0.6 is 0 Å². The molecule has 2 aliphatic carbocycles. The molecule has 0 radical (unpaired) electrons. The summed E-state index contributed by atoms with van der Waals surface area (Å²) in [5.41, 5.74) is 3.79. The molecule has 1 unspecified atom stereocenters. The van der Waals surface area contributed by atoms with E-state index in [-0.39, 0.29) is 35.8 Å². The fourth-order valence-corrected chi connectivity index (χ4v) is 9.01. The number of urea groups is 1. The minimum Gasteiger partial charge on any atom is -0.363 e. The van der Waals surface area contributed by atoms with Crippen molar-refractivity contribution < 1.29 is 32.4 Å². The summed E-state index contributed by atoms with van der Waals surface area (Å²) in [5.74, 6) is -3.15. The van der Waals surface area contributed by atoms with Crippen molar-refractivity contribution in [2.45, 2.75) is 112 Å². The van der Waals surface area contributed by atoms with Crippen molar-refractivity contribution in [3.8, 4) is 0 Å². The van der Waals surface area contributed by atoms with Gasteiger partial charge in [-0.05, 0) is 60.7 Å². The Balaban J connectivity index is 1.52. The largest absolute Gasteiger partial charge is 0.363 e. The van der Waals surface area contributed by atoms with E-state index in [0.717, 1.165) is 0 Å². The SMILES string of the molecule is CC(C)N1CCN(C[C@@H](NC(=O)N[C@H](C(=O)N2C[C@H]3[C@@H]([C@H]2C(=O)NC(C(=O)C(N)=O)C2CC2)C3(C)C)C(C)(C)C)C(C)(C)C)S1(=O)=O. The number of amides is 5. The van der Waals surface area contributed by atoms with Crippen LogP contribution in [0.25, 0.3) is 0 Å². The van der Waals surface area contributed by atoms with Crippen LogP contribution < -0.4 is 21.7 Å². The lowest BCUT2D eigenvalue weighted by molar-refractivity contribution is -0.145. The van der Waals surface area contributed by atoms with Crippen LogP contribution in [0, 0.1) is 34.0 Å². The number of nitrogens with two attached hydrogens (primary N) is 1. The molecule has 14 nitrogen and oxygen atoms in total. The number of piperidine rings is 1. The molecule has 4 fully saturated rings. The summed E-state index contributed by atoms with van der Waals surface area (Å²) in [6.07, 6.45) is 1.38. The Kier molecular flexibility index (Phi) is 9.92. The number of ketones is 1. The quantitative estimate of drug-likeness (QED) is 0.232. The van der Waals surface area contributed by atoms with Crippen LogP contribution in [0.5, 0.6) is 0 Å². The summed E-state index contributed by atoms with van der Waals surface area (Å²) in [7, 11) is -3.69. The maximum Gasteiger partial charge on any atom is 0.315 e. The second kappa shape index (κ2) is 12.6. The highest BCUT2D eigenvalue weighted by Gasteiger charge is 2.70. The number of Topliss-reactive ketones (excluding diaryl/α,β-unsaturated/α-hetero) is 1. The number of fused-ring (bicyclic) bond motifs is 1. The first-order chi connectivity index (χ1) is 21.4. The third kappa shape index (κ3) is 7.46. The fraction of sp³-hybridized carbons (Fsp3) is 0.844. The number of hydrogen-bond acceptors (Lipinski definition) is 7. The van der Waals surface area contributed by atoms with Gasteiger partial charge in [0.15, 0.2) is 0 Å². The molecule has 0 aromatic carbocycles. The van der Waals surface area contributed by atoms with E-state index >= 15 is 0 Å². The molecule has 5 N–H and O–H groups in total. The number of likely N-dealkylation sites (tertiary alicyclic amines) is 1. The molecule has 15 heteroatoms. The summed E-state index contributed by atoms with van der Waals surface area (Å²) in [6.45, 7) is 20.0. The summed E-state index contributed by atoms with van der Waals surface area (Å²) >= 11 is 0. The van der Waals surface area contributed by atoms with Crippen molar-refractivity contribution in [3.63, 3.8) is 0 Å². The van der Waals surface area contributed by atoms with Gasteiger partial charge in [0.05, 0.1) is 0 Å². The van der Waals surface area contributed by atoms with Gasteiger partial charge in [0.25, 0.3) is 16.1 Å². The van der Waals surface area contributed by atoms with Crippen molar-refractivity contribution >= 4 is 39.7 Å². The molecular weight excluding hydrogens is 626 g/mol. The lowest BCUT2D eigenvalue weighted by Gasteiger charge is -2.39. The van der Waals surface area contributed by atoms with E-state index in [1.54, 1.807) is 0 Å². The van der Waals surface area contributed by atoms with Gasteiger partial charge in [-0.2, -0.15) is 17.0 Å². The molecule has 0 aromatic rings. The molecule has 2 saturated carbocycles. The lowest BCUT2D eigenvalue weighted by Crippen LogP contribution is -2.63. The number of nitrogens with one attached hydrogen (secondary N) is 3. The van der Waals surface area contributed by atoms with E-state index in [4.69, 9.17) is 5.73 Å². The Labute approximate surface area is 279 Å². The van der Waals surface area contributed by atoms with Crippen LogP contribution in [0.4, 0.5) is 4.79 Å². The zero-order valence-electron chi connectivity index (χ0n) is 29.5. The first-order valence-corrected chi connectivity index (χ1v) is 18.1. The van der Waals surface area contributed by atoms with Crippen LogP contribution in [-0.4, -0.2) is 108 Å². The van der Waals surface area contributed by atoms with Crippen LogP contribution in [0.1, 0.15) is 82.1 Å². The van der Waals surface area contributed by atoms with Gasteiger partial charge in [0.2, 0.25) is 17.6 Å². The average Bonchev–Trinajstić information content (AvgIpc) is 3.75. The maximum absolute atomic E-state index is 14.3. The highest BCUT2D eigenvalue weighted by Crippen LogP contribution is 2.65. The molecule has 4 rings (SSSR count). The summed E-state index contributed by atoms with van der Waals surface area (Å²) in [5, 5.41) is 8.55. The Morgan fingerprint density at radius 1 is 0.915 bits per heavy atom. The standard InChI is InChI=1S/C32H55N7O7S/c1-17(2)39-14-13-37(47(39,45)46)16-20(30(3,4)5)34-29(44)36-25(31(6,7)8)28(43)38-15-19-21(32(19,9)10)23(38)27(42)35-22(18-11-12-18)24(40)26(33)41/h17-23,25H,11-16H2,1-10H3,(H2,33,41)(H,35,42)(H2,34,36,44)/t19-,20+,21-,22?,23-,25+/m0/s1. The van der Waals surface area contributed by atoms with Crippen LogP contribution in [-0.2, 0) is 29.4 Å². The molecule has 2 aliphatic heterocycles. The van der Waals surface area contributed by atoms with E-state index < -0.39 is 74.7 Å². The third-order valence-electron chi connectivity index (χ3n) is 10.6. The highest BCUT2D eigenvalue weighted by molar-refractivity contribution is 7.87. The van der Waals surface area contributed by atoms with Crippen LogP contribution in [0.15, 0.2) is 0 Å². The number of rotatable bonds is 11.